The van der Waals surface area contributed by atoms with Gasteiger partial charge in [-0.2, -0.15) is 0 Å². The third kappa shape index (κ3) is 6.54. The molecule has 0 aliphatic heterocycles. The number of ether oxygens (including phenoxy) is 2. The molecule has 0 spiro atoms. The summed E-state index contributed by atoms with van der Waals surface area (Å²) < 4.78 is 24.9. The van der Waals surface area contributed by atoms with Crippen LogP contribution in [-0.2, 0) is 30.2 Å². The number of halogens is 1. The van der Waals surface area contributed by atoms with E-state index in [1.807, 2.05) is 0 Å². The van der Waals surface area contributed by atoms with E-state index in [1.165, 1.54) is 0 Å². The number of nitrogens with zero attached hydrogens (tertiary/aromatic N) is 1. The highest BCUT2D eigenvalue weighted by Gasteiger charge is 2.37. The highest BCUT2D eigenvalue weighted by molar-refractivity contribution is 9.10. The fraction of sp³-hybridized carbons (Fsp3) is 0.579. The van der Waals surface area contributed by atoms with Gasteiger partial charge in [-0.1, -0.05) is 12.2 Å². The van der Waals surface area contributed by atoms with Crippen LogP contribution < -0.4 is 16.7 Å². The van der Waals surface area contributed by atoms with E-state index in [2.05, 4.69) is 20.9 Å². The lowest BCUT2D eigenvalue weighted by atomic mass is 9.97. The van der Waals surface area contributed by atoms with Gasteiger partial charge in [0.1, 0.15) is 9.91 Å². The smallest absolute Gasteiger partial charge is 0.329 e. The largest absolute Gasteiger partial charge is 0.417 e. The van der Waals surface area contributed by atoms with E-state index in [0.717, 1.165) is 4.57 Å². The Morgan fingerprint density at radius 3 is 1.97 bits per heavy atom. The van der Waals surface area contributed by atoms with E-state index in [4.69, 9.17) is 9.47 Å². The van der Waals surface area contributed by atoms with Crippen LogP contribution >= 0.6 is 23.7 Å². The van der Waals surface area contributed by atoms with Gasteiger partial charge in [-0.25, -0.2) is 4.79 Å². The standard InChI is InChI=1S/C19H28BrN2O7P/c1-8-9-10-22-13(11(20)12(23)21-16(22)26)30(27)17(28-14(24)18(2,3)4)29-15(25)19(5,6)7/h8-9,17,30H,10H2,1-7H3,(H,21,23,26). The fourth-order valence-electron chi connectivity index (χ4n) is 1.96. The van der Waals surface area contributed by atoms with Crippen LogP contribution in [0.3, 0.4) is 0 Å². The number of aromatic nitrogens is 2. The van der Waals surface area contributed by atoms with Crippen molar-refractivity contribution in [2.75, 3.05) is 0 Å². The van der Waals surface area contributed by atoms with E-state index in [0.29, 0.717) is 0 Å². The maximum absolute atomic E-state index is 13.4. The highest BCUT2D eigenvalue weighted by atomic mass is 79.9. The van der Waals surface area contributed by atoms with Crippen molar-refractivity contribution in [3.63, 3.8) is 0 Å². The van der Waals surface area contributed by atoms with Crippen LogP contribution in [0.15, 0.2) is 26.2 Å². The summed E-state index contributed by atoms with van der Waals surface area (Å²) >= 11 is 3.05. The van der Waals surface area contributed by atoms with Crippen molar-refractivity contribution >= 4 is 41.1 Å². The minimum atomic E-state index is -3.32. The Morgan fingerprint density at radius 1 is 1.10 bits per heavy atom. The summed E-state index contributed by atoms with van der Waals surface area (Å²) in [6, 6.07) is -1.79. The lowest BCUT2D eigenvalue weighted by Gasteiger charge is -2.26. The predicted octanol–water partition coefficient (Wildman–Crippen LogP) is 2.52. The molecular formula is C19H28BrN2O7P. The third-order valence-electron chi connectivity index (χ3n) is 3.77. The summed E-state index contributed by atoms with van der Waals surface area (Å²) in [5.41, 5.74) is -3.72. The Balaban J connectivity index is 3.59. The van der Waals surface area contributed by atoms with Crippen molar-refractivity contribution in [2.24, 2.45) is 10.8 Å². The van der Waals surface area contributed by atoms with Gasteiger partial charge in [-0.3, -0.25) is 23.9 Å². The van der Waals surface area contributed by atoms with Crippen LogP contribution in [0, 0.1) is 10.8 Å². The topological polar surface area (TPSA) is 125 Å². The summed E-state index contributed by atoms with van der Waals surface area (Å²) in [4.78, 5) is 51.4. The van der Waals surface area contributed by atoms with Gasteiger partial charge >= 0.3 is 23.7 Å². The van der Waals surface area contributed by atoms with E-state index in [-0.39, 0.29) is 16.5 Å². The number of esters is 2. The molecule has 0 radical (unpaired) electrons. The van der Waals surface area contributed by atoms with E-state index >= 15 is 0 Å². The Labute approximate surface area is 183 Å². The van der Waals surface area contributed by atoms with Crippen LogP contribution in [0.5, 0.6) is 0 Å². The molecule has 1 unspecified atom stereocenters. The minimum absolute atomic E-state index is 0.00358. The van der Waals surface area contributed by atoms with Crippen LogP contribution in [0.1, 0.15) is 48.5 Å². The van der Waals surface area contributed by atoms with Gasteiger partial charge in [-0.15, -0.1) is 0 Å². The quantitative estimate of drug-likeness (QED) is 0.272. The summed E-state index contributed by atoms with van der Waals surface area (Å²) in [6.45, 7) is 11.2. The number of rotatable bonds is 6. The molecule has 1 heterocycles. The number of nitrogens with one attached hydrogen (secondary N) is 1. The number of hydrogen-bond donors (Lipinski definition) is 1. The molecule has 0 aliphatic carbocycles. The van der Waals surface area contributed by atoms with Crippen molar-refractivity contribution in [3.8, 4) is 0 Å². The summed E-state index contributed by atoms with van der Waals surface area (Å²) in [7, 11) is -3.32. The van der Waals surface area contributed by atoms with Crippen LogP contribution in [0.25, 0.3) is 0 Å². The molecule has 9 nitrogen and oxygen atoms in total. The Hall–Kier alpha value is -1.93. The molecule has 1 atom stereocenters. The van der Waals surface area contributed by atoms with Crippen LogP contribution in [0.2, 0.25) is 0 Å². The van der Waals surface area contributed by atoms with Crippen LogP contribution in [-0.4, -0.2) is 27.5 Å². The predicted molar refractivity (Wildman–Crippen MR) is 117 cm³/mol. The molecule has 0 aliphatic rings. The van der Waals surface area contributed by atoms with Gasteiger partial charge in [-0.05, 0) is 64.4 Å². The number of carbonyl (C=O) groups excluding carboxylic acids is 2. The number of aromatic amines is 1. The average molecular weight is 507 g/mol. The average Bonchev–Trinajstić information content (AvgIpc) is 2.60. The van der Waals surface area contributed by atoms with Gasteiger partial charge < -0.3 is 14.0 Å². The fourth-order valence-corrected chi connectivity index (χ4v) is 4.30. The number of carbonyl (C=O) groups is 2. The molecule has 11 heteroatoms. The number of H-pyrrole nitrogens is 1. The molecule has 0 amide bonds. The second-order valence-corrected chi connectivity index (χ2v) is 11.1. The lowest BCUT2D eigenvalue weighted by molar-refractivity contribution is -0.184. The first-order valence-corrected chi connectivity index (χ1v) is 11.5. The van der Waals surface area contributed by atoms with Crippen molar-refractivity contribution in [1.82, 2.24) is 9.55 Å². The van der Waals surface area contributed by atoms with Crippen LogP contribution in [0.4, 0.5) is 0 Å². The van der Waals surface area contributed by atoms with Crippen molar-refractivity contribution in [3.05, 3.63) is 37.5 Å². The van der Waals surface area contributed by atoms with E-state index in [1.54, 1.807) is 60.6 Å². The normalized spacial score (nSPS) is 13.5. The SMILES string of the molecule is CC=CCn1c([PH](=O)C(OC(=O)C(C)(C)C)OC(=O)C(C)(C)C)c(Br)c(=O)[nH]c1=O. The third-order valence-corrected chi connectivity index (χ3v) is 6.52. The molecule has 0 aromatic carbocycles. The molecule has 1 aromatic rings. The molecule has 0 saturated heterocycles. The second-order valence-electron chi connectivity index (χ2n) is 8.61. The molecule has 30 heavy (non-hydrogen) atoms. The molecule has 0 saturated carbocycles. The maximum Gasteiger partial charge on any atom is 0.329 e. The van der Waals surface area contributed by atoms with Crippen molar-refractivity contribution in [2.45, 2.75) is 61.0 Å². The lowest BCUT2D eigenvalue weighted by Crippen LogP contribution is -2.42. The molecule has 1 aromatic heterocycles. The minimum Gasteiger partial charge on any atom is -0.417 e. The zero-order valence-electron chi connectivity index (χ0n) is 18.1. The summed E-state index contributed by atoms with van der Waals surface area (Å²) in [6.07, 6.45) is 3.28. The zero-order valence-corrected chi connectivity index (χ0v) is 20.7. The summed E-state index contributed by atoms with van der Waals surface area (Å²) in [5, 5.41) is 0. The first kappa shape index (κ1) is 26.1. The molecule has 168 valence electrons. The molecule has 1 N–H and O–H groups in total. The van der Waals surface area contributed by atoms with Gasteiger partial charge in [0.05, 0.1) is 10.8 Å². The van der Waals surface area contributed by atoms with Gasteiger partial charge in [0.2, 0.25) is 0 Å². The maximum atomic E-state index is 13.4. The molecule has 0 bridgehead atoms. The second kappa shape index (κ2) is 9.92. The van der Waals surface area contributed by atoms with Crippen molar-refractivity contribution in [1.29, 1.82) is 0 Å². The van der Waals surface area contributed by atoms with E-state index in [9.17, 15) is 23.7 Å². The molecule has 0 fully saturated rings. The van der Waals surface area contributed by atoms with Gasteiger partial charge in [0.15, 0.2) is 7.80 Å². The molecule has 1 rings (SSSR count). The Kier molecular flexibility index (Phi) is 8.63. The van der Waals surface area contributed by atoms with Gasteiger partial charge in [0, 0.05) is 6.54 Å². The first-order valence-electron chi connectivity index (χ1n) is 9.21. The van der Waals surface area contributed by atoms with Gasteiger partial charge in [0.25, 0.3) is 5.56 Å². The molecular weight excluding hydrogens is 479 g/mol. The Bertz CT molecular complexity index is 953. The zero-order chi connectivity index (χ0) is 23.4. The number of hydrogen-bond acceptors (Lipinski definition) is 7. The Morgan fingerprint density at radius 2 is 1.57 bits per heavy atom. The summed E-state index contributed by atoms with van der Waals surface area (Å²) in [5.74, 6) is -1.51. The van der Waals surface area contributed by atoms with Crippen molar-refractivity contribution < 1.29 is 23.6 Å². The first-order chi connectivity index (χ1) is 13.6. The monoisotopic (exact) mass is 506 g/mol. The highest BCUT2D eigenvalue weighted by Crippen LogP contribution is 2.34. The van der Waals surface area contributed by atoms with E-state index < -0.39 is 47.8 Å². The number of allylic oxidation sites excluding steroid dienone is 2.